The fourth-order valence-corrected chi connectivity index (χ4v) is 5.19. The van der Waals surface area contributed by atoms with Gasteiger partial charge in [0.15, 0.2) is 0 Å². The molecule has 0 bridgehead atoms. The second-order valence-electron chi connectivity index (χ2n) is 9.88. The molecule has 0 saturated carbocycles. The summed E-state index contributed by atoms with van der Waals surface area (Å²) in [5.41, 5.74) is 0.704. The molecule has 0 radical (unpaired) electrons. The maximum absolute atomic E-state index is 13.0. The zero-order chi connectivity index (χ0) is 29.0. The number of alkyl halides is 3. The molecule has 4 amide bonds. The first-order chi connectivity index (χ1) is 18.9. The average Bonchev–Trinajstić information content (AvgIpc) is 3.15. The second kappa shape index (κ2) is 12.3. The van der Waals surface area contributed by atoms with Gasteiger partial charge in [-0.05, 0) is 67.1 Å². The van der Waals surface area contributed by atoms with E-state index in [-0.39, 0.29) is 29.3 Å². The molecule has 0 atom stereocenters. The van der Waals surface area contributed by atoms with E-state index < -0.39 is 22.9 Å². The number of nitrogens with one attached hydrogen (secondary N) is 1. The molecular formula is C28H29F3N4O4S. The van der Waals surface area contributed by atoms with E-state index in [0.717, 1.165) is 28.8 Å². The number of hydrogen-bond acceptors (Lipinski definition) is 6. The van der Waals surface area contributed by atoms with Crippen molar-refractivity contribution in [3.63, 3.8) is 0 Å². The van der Waals surface area contributed by atoms with Gasteiger partial charge in [0.05, 0.1) is 23.6 Å². The molecule has 2 aromatic carbocycles. The van der Waals surface area contributed by atoms with E-state index in [9.17, 15) is 32.3 Å². The lowest BCUT2D eigenvalue weighted by Gasteiger charge is -2.34. The number of rotatable bonds is 7. The molecule has 2 aliphatic heterocycles. The third-order valence-corrected chi connectivity index (χ3v) is 7.33. The number of hydrogen-bond donors (Lipinski definition) is 1. The quantitative estimate of drug-likeness (QED) is 0.498. The number of thioether (sulfide) groups is 1. The number of benzene rings is 2. The summed E-state index contributed by atoms with van der Waals surface area (Å²) >= 11 is 0.754. The predicted molar refractivity (Wildman–Crippen MR) is 145 cm³/mol. The minimum absolute atomic E-state index is 0.0391. The summed E-state index contributed by atoms with van der Waals surface area (Å²) in [6, 6.07) is 11.1. The Morgan fingerprint density at radius 2 is 1.60 bits per heavy atom. The number of halogens is 3. The first-order valence-electron chi connectivity index (χ1n) is 12.7. The van der Waals surface area contributed by atoms with Crippen LogP contribution < -0.4 is 5.32 Å². The molecule has 2 saturated heterocycles. The molecule has 0 spiro atoms. The van der Waals surface area contributed by atoms with Crippen LogP contribution in [0.2, 0.25) is 0 Å². The lowest BCUT2D eigenvalue weighted by atomic mass is 10.1. The molecular weight excluding hydrogens is 545 g/mol. The Bertz CT molecular complexity index is 1300. The normalized spacial score (nSPS) is 17.7. The Morgan fingerprint density at radius 3 is 2.17 bits per heavy atom. The van der Waals surface area contributed by atoms with Gasteiger partial charge in [-0.25, -0.2) is 0 Å². The highest BCUT2D eigenvalue weighted by atomic mass is 32.2. The van der Waals surface area contributed by atoms with E-state index in [1.807, 2.05) is 18.7 Å². The van der Waals surface area contributed by atoms with Crippen molar-refractivity contribution in [1.29, 1.82) is 0 Å². The second-order valence-corrected chi connectivity index (χ2v) is 10.9. The van der Waals surface area contributed by atoms with Crippen LogP contribution in [0.5, 0.6) is 0 Å². The van der Waals surface area contributed by atoms with Crippen LogP contribution in [0.3, 0.4) is 0 Å². The molecule has 2 heterocycles. The molecule has 40 heavy (non-hydrogen) atoms. The number of amides is 4. The first kappa shape index (κ1) is 29.3. The fourth-order valence-electron chi connectivity index (χ4n) is 4.35. The first-order valence-corrected chi connectivity index (χ1v) is 13.5. The van der Waals surface area contributed by atoms with Crippen LogP contribution in [0.15, 0.2) is 53.4 Å². The van der Waals surface area contributed by atoms with Crippen LogP contribution in [-0.2, 0) is 22.3 Å². The lowest BCUT2D eigenvalue weighted by Crippen LogP contribution is -2.51. The predicted octanol–water partition coefficient (Wildman–Crippen LogP) is 4.22. The SMILES string of the molecule is CC(C)NC(=O)CN1CCN(C(=O)c2ccc(C=C3SC(=O)N(Cc4ccc(C(F)(F)F)cc4)C3=O)cc2)CC1. The monoisotopic (exact) mass is 574 g/mol. The van der Waals surface area contributed by atoms with Gasteiger partial charge in [-0.2, -0.15) is 13.2 Å². The molecule has 2 fully saturated rings. The molecule has 12 heteroatoms. The van der Waals surface area contributed by atoms with E-state index in [1.165, 1.54) is 12.1 Å². The molecule has 8 nitrogen and oxygen atoms in total. The Kier molecular flexibility index (Phi) is 8.99. The highest BCUT2D eigenvalue weighted by molar-refractivity contribution is 8.18. The van der Waals surface area contributed by atoms with Crippen molar-refractivity contribution in [3.8, 4) is 0 Å². The molecule has 2 aliphatic rings. The third-order valence-electron chi connectivity index (χ3n) is 6.43. The minimum Gasteiger partial charge on any atom is -0.353 e. The Labute approximate surface area is 234 Å². The van der Waals surface area contributed by atoms with E-state index in [2.05, 4.69) is 5.32 Å². The lowest BCUT2D eigenvalue weighted by molar-refractivity contribution is -0.137. The average molecular weight is 575 g/mol. The standard InChI is InChI=1S/C28H29F3N4O4S/c1-18(2)32-24(36)17-33-11-13-34(14-12-33)25(37)21-7-3-19(4-8-21)15-23-26(38)35(27(39)40-23)16-20-5-9-22(10-6-20)28(29,30)31/h3-10,15,18H,11-14,16-17H2,1-2H3,(H,32,36). The minimum atomic E-state index is -4.47. The number of carbonyl (C=O) groups is 4. The van der Waals surface area contributed by atoms with E-state index in [4.69, 9.17) is 0 Å². The van der Waals surface area contributed by atoms with Crippen LogP contribution >= 0.6 is 11.8 Å². The van der Waals surface area contributed by atoms with Crippen molar-refractivity contribution in [1.82, 2.24) is 20.0 Å². The van der Waals surface area contributed by atoms with Gasteiger partial charge in [0.25, 0.3) is 17.1 Å². The van der Waals surface area contributed by atoms with E-state index in [1.54, 1.807) is 35.2 Å². The topological polar surface area (TPSA) is 90.0 Å². The molecule has 2 aromatic rings. The largest absolute Gasteiger partial charge is 0.416 e. The third kappa shape index (κ3) is 7.30. The zero-order valence-corrected chi connectivity index (χ0v) is 22.8. The van der Waals surface area contributed by atoms with Crippen molar-refractivity contribution in [2.24, 2.45) is 0 Å². The van der Waals surface area contributed by atoms with Crippen molar-refractivity contribution >= 4 is 40.8 Å². The van der Waals surface area contributed by atoms with Crippen LogP contribution in [0, 0.1) is 0 Å². The summed E-state index contributed by atoms with van der Waals surface area (Å²) in [6.45, 7) is 6.16. The molecule has 4 rings (SSSR count). The molecule has 0 aliphatic carbocycles. The molecule has 0 aromatic heterocycles. The van der Waals surface area contributed by atoms with Gasteiger partial charge in [0.2, 0.25) is 5.91 Å². The molecule has 212 valence electrons. The van der Waals surface area contributed by atoms with E-state index >= 15 is 0 Å². The van der Waals surface area contributed by atoms with Crippen LogP contribution in [0.25, 0.3) is 6.08 Å². The van der Waals surface area contributed by atoms with Gasteiger partial charge < -0.3 is 10.2 Å². The van der Waals surface area contributed by atoms with Gasteiger partial charge in [-0.3, -0.25) is 29.0 Å². The maximum Gasteiger partial charge on any atom is 0.416 e. The number of nitrogens with zero attached hydrogens (tertiary/aromatic N) is 3. The summed E-state index contributed by atoms with van der Waals surface area (Å²) in [5, 5.41) is 2.35. The Balaban J connectivity index is 1.33. The Morgan fingerprint density at radius 1 is 0.975 bits per heavy atom. The summed E-state index contributed by atoms with van der Waals surface area (Å²) in [4.78, 5) is 55.1. The van der Waals surface area contributed by atoms with Gasteiger partial charge in [0, 0.05) is 37.8 Å². The molecule has 1 N–H and O–H groups in total. The fraction of sp³-hybridized carbons (Fsp3) is 0.357. The van der Waals surface area contributed by atoms with Crippen molar-refractivity contribution in [2.45, 2.75) is 32.6 Å². The van der Waals surface area contributed by atoms with Gasteiger partial charge >= 0.3 is 6.18 Å². The van der Waals surface area contributed by atoms with Gasteiger partial charge in [0.1, 0.15) is 0 Å². The maximum atomic E-state index is 13.0. The summed E-state index contributed by atoms with van der Waals surface area (Å²) in [5.74, 6) is -0.701. The summed E-state index contributed by atoms with van der Waals surface area (Å²) < 4.78 is 38.4. The number of imide groups is 1. The highest BCUT2D eigenvalue weighted by Crippen LogP contribution is 2.34. The zero-order valence-electron chi connectivity index (χ0n) is 22.0. The van der Waals surface area contributed by atoms with Crippen LogP contribution in [-0.4, -0.2) is 76.4 Å². The van der Waals surface area contributed by atoms with Crippen molar-refractivity contribution in [2.75, 3.05) is 32.7 Å². The molecule has 0 unspecified atom stereocenters. The van der Waals surface area contributed by atoms with Crippen LogP contribution in [0.4, 0.5) is 18.0 Å². The van der Waals surface area contributed by atoms with Crippen LogP contribution in [0.1, 0.15) is 40.9 Å². The van der Waals surface area contributed by atoms with Gasteiger partial charge in [-0.1, -0.05) is 24.3 Å². The smallest absolute Gasteiger partial charge is 0.353 e. The van der Waals surface area contributed by atoms with Crippen molar-refractivity contribution in [3.05, 3.63) is 75.7 Å². The summed E-state index contributed by atoms with van der Waals surface area (Å²) in [7, 11) is 0. The van der Waals surface area contributed by atoms with Crippen molar-refractivity contribution < 1.29 is 32.3 Å². The Hall–Kier alpha value is -3.64. The number of piperazine rings is 1. The highest BCUT2D eigenvalue weighted by Gasteiger charge is 2.35. The summed E-state index contributed by atoms with van der Waals surface area (Å²) in [6.07, 6.45) is -2.92. The van der Waals surface area contributed by atoms with Gasteiger partial charge in [-0.15, -0.1) is 0 Å². The number of carbonyl (C=O) groups excluding carboxylic acids is 4. The van der Waals surface area contributed by atoms with E-state index in [0.29, 0.717) is 49.4 Å².